The number of ether oxygens (including phenoxy) is 1. The lowest BCUT2D eigenvalue weighted by Gasteiger charge is -2.41. The van der Waals surface area contributed by atoms with Crippen LogP contribution in [-0.2, 0) is 18.5 Å². The summed E-state index contributed by atoms with van der Waals surface area (Å²) in [6.07, 6.45) is -7.25. The van der Waals surface area contributed by atoms with Gasteiger partial charge in [-0.25, -0.2) is 8.42 Å². The number of hydrogen-bond donors (Lipinski definition) is 0. The second-order valence-electron chi connectivity index (χ2n) is 8.51. The molecule has 0 aromatic heterocycles. The zero-order chi connectivity index (χ0) is 31.8. The summed E-state index contributed by atoms with van der Waals surface area (Å²) in [4.78, 5) is 11.0. The topological polar surface area (TPSA) is 69.7 Å². The average Bonchev–Trinajstić information content (AvgIpc) is 2.92. The number of carbonyl (C=O) groups is 1. The van der Waals surface area contributed by atoms with Crippen LogP contribution in [0.3, 0.4) is 0 Å². The van der Waals surface area contributed by atoms with E-state index in [1.54, 1.807) is 0 Å². The minimum absolute atomic E-state index is 0.0131. The summed E-state index contributed by atoms with van der Waals surface area (Å²) >= 11 is 0. The van der Waals surface area contributed by atoms with Crippen molar-refractivity contribution in [3.63, 3.8) is 0 Å². The fourth-order valence-electron chi connectivity index (χ4n) is 3.34. The lowest BCUT2D eigenvalue weighted by atomic mass is 10.1. The first-order chi connectivity index (χ1) is 19.2. The molecular formula is C26H19F9O5S2. The van der Waals surface area contributed by atoms with Gasteiger partial charge in [0.15, 0.2) is 0 Å². The molecule has 16 heteroatoms. The molecule has 3 aromatic rings. The van der Waals surface area contributed by atoms with Crippen molar-refractivity contribution in [2.45, 2.75) is 44.9 Å². The SMILES string of the molecule is C=C(C)C(=O)Oc1ccc(S(OS(=O)(=O)C(F)(F)C(F)(F)C(F)(F)C(F)(F)F)(c2ccccc2)c2ccccc2)cc1. The highest BCUT2D eigenvalue weighted by molar-refractivity contribution is 8.33. The molecule has 0 saturated heterocycles. The minimum atomic E-state index is -7.50. The second kappa shape index (κ2) is 11.3. The molecule has 0 saturated carbocycles. The van der Waals surface area contributed by atoms with Gasteiger partial charge < -0.3 is 4.74 Å². The zero-order valence-corrected chi connectivity index (χ0v) is 22.7. The summed E-state index contributed by atoms with van der Waals surface area (Å²) in [6.45, 7) is 4.72. The number of hydrogen-bond acceptors (Lipinski definition) is 5. The maximum atomic E-state index is 14.9. The first kappa shape index (κ1) is 33.0. The Kier molecular flexibility index (Phi) is 8.88. The van der Waals surface area contributed by atoms with Gasteiger partial charge in [-0.05, 0) is 65.8 Å². The number of halogens is 9. The van der Waals surface area contributed by atoms with Crippen LogP contribution < -0.4 is 4.74 Å². The largest absolute Gasteiger partial charge is 0.460 e. The van der Waals surface area contributed by atoms with Gasteiger partial charge >= 0.3 is 39.4 Å². The van der Waals surface area contributed by atoms with Crippen molar-refractivity contribution in [2.75, 3.05) is 0 Å². The quantitative estimate of drug-likeness (QED) is 0.0963. The zero-order valence-electron chi connectivity index (χ0n) is 21.0. The minimum Gasteiger partial charge on any atom is -0.423 e. The van der Waals surface area contributed by atoms with Crippen molar-refractivity contribution >= 4 is 26.4 Å². The molecule has 0 aliphatic carbocycles. The van der Waals surface area contributed by atoms with Gasteiger partial charge in [0.2, 0.25) is 0 Å². The Balaban J connectivity index is 2.32. The van der Waals surface area contributed by atoms with Crippen molar-refractivity contribution < 1.29 is 61.1 Å². The van der Waals surface area contributed by atoms with E-state index in [1.807, 2.05) is 0 Å². The monoisotopic (exact) mass is 646 g/mol. The summed E-state index contributed by atoms with van der Waals surface area (Å²) in [7, 11) is -11.5. The molecule has 3 rings (SSSR count). The molecule has 228 valence electrons. The van der Waals surface area contributed by atoms with Gasteiger partial charge in [0.1, 0.15) is 5.75 Å². The van der Waals surface area contributed by atoms with E-state index in [4.69, 9.17) is 8.37 Å². The molecule has 0 fully saturated rings. The Morgan fingerprint density at radius 2 is 1.07 bits per heavy atom. The summed E-state index contributed by atoms with van der Waals surface area (Å²) < 4.78 is 159. The summed E-state index contributed by atoms with van der Waals surface area (Å²) in [5.74, 6) is -16.0. The first-order valence-corrected chi connectivity index (χ1v) is 14.3. The number of alkyl halides is 9. The fraction of sp³-hybridized carbons (Fsp3) is 0.192. The third-order valence-corrected chi connectivity index (χ3v) is 10.7. The van der Waals surface area contributed by atoms with Gasteiger partial charge in [0, 0.05) is 20.3 Å². The van der Waals surface area contributed by atoms with Gasteiger partial charge in [-0.3, -0.25) is 0 Å². The van der Waals surface area contributed by atoms with Crippen molar-refractivity contribution in [2.24, 2.45) is 0 Å². The number of carbonyl (C=O) groups excluding carboxylic acids is 1. The third-order valence-electron chi connectivity index (χ3n) is 5.49. The van der Waals surface area contributed by atoms with Crippen LogP contribution >= 0.6 is 10.3 Å². The smallest absolute Gasteiger partial charge is 0.423 e. The maximum Gasteiger partial charge on any atom is 0.460 e. The van der Waals surface area contributed by atoms with Crippen LogP contribution in [-0.4, -0.2) is 37.7 Å². The molecule has 0 atom stereocenters. The molecule has 0 amide bonds. The second-order valence-corrected chi connectivity index (χ2v) is 13.0. The van der Waals surface area contributed by atoms with E-state index in [9.17, 15) is 52.7 Å². The van der Waals surface area contributed by atoms with Crippen LogP contribution in [0.4, 0.5) is 39.5 Å². The predicted octanol–water partition coefficient (Wildman–Crippen LogP) is 8.14. The predicted molar refractivity (Wildman–Crippen MR) is 133 cm³/mol. The van der Waals surface area contributed by atoms with Crippen LogP contribution in [0.15, 0.2) is 112 Å². The molecule has 0 aliphatic heterocycles. The highest BCUT2D eigenvalue weighted by atomic mass is 32.3. The number of benzene rings is 3. The van der Waals surface area contributed by atoms with Crippen molar-refractivity contribution in [1.29, 1.82) is 0 Å². The Labute approximate surface area is 235 Å². The van der Waals surface area contributed by atoms with Gasteiger partial charge in [-0.1, -0.05) is 43.0 Å². The maximum absolute atomic E-state index is 14.9. The first-order valence-electron chi connectivity index (χ1n) is 11.3. The normalized spacial score (nSPS) is 13.9. The van der Waals surface area contributed by atoms with Gasteiger partial charge in [0.25, 0.3) is 0 Å². The highest BCUT2D eigenvalue weighted by Gasteiger charge is 2.86. The molecule has 5 nitrogen and oxygen atoms in total. The van der Waals surface area contributed by atoms with E-state index in [0.29, 0.717) is 0 Å². The van der Waals surface area contributed by atoms with Crippen molar-refractivity contribution in [3.8, 4) is 5.75 Å². The Morgan fingerprint density at radius 3 is 1.45 bits per heavy atom. The summed E-state index contributed by atoms with van der Waals surface area (Å²) in [6, 6.07) is 16.7. The van der Waals surface area contributed by atoms with Crippen LogP contribution in [0, 0.1) is 0 Å². The number of esters is 1. The Morgan fingerprint density at radius 1 is 0.667 bits per heavy atom. The molecule has 0 unspecified atom stereocenters. The van der Waals surface area contributed by atoms with E-state index in [1.165, 1.54) is 43.3 Å². The third kappa shape index (κ3) is 5.62. The lowest BCUT2D eigenvalue weighted by Crippen LogP contribution is -2.63. The molecule has 0 radical (unpaired) electrons. The van der Waals surface area contributed by atoms with Gasteiger partial charge in [0.05, 0.1) is 0 Å². The van der Waals surface area contributed by atoms with E-state index in [-0.39, 0.29) is 26.0 Å². The van der Waals surface area contributed by atoms with Gasteiger partial charge in [-0.2, -0.15) is 47.9 Å². The molecule has 0 bridgehead atoms. The van der Waals surface area contributed by atoms with E-state index in [2.05, 4.69) is 6.58 Å². The van der Waals surface area contributed by atoms with E-state index in [0.717, 1.165) is 48.5 Å². The average molecular weight is 647 g/mol. The molecule has 0 N–H and O–H groups in total. The Hall–Kier alpha value is -3.50. The molecule has 42 heavy (non-hydrogen) atoms. The van der Waals surface area contributed by atoms with Crippen molar-refractivity contribution in [3.05, 3.63) is 97.1 Å². The summed E-state index contributed by atoms with van der Waals surface area (Å²) in [5.41, 5.74) is -0.0131. The van der Waals surface area contributed by atoms with E-state index < -0.39 is 49.7 Å². The molecule has 3 aromatic carbocycles. The van der Waals surface area contributed by atoms with Gasteiger partial charge in [-0.15, -0.1) is 0 Å². The lowest BCUT2D eigenvalue weighted by molar-refractivity contribution is -0.382. The number of rotatable bonds is 10. The van der Waals surface area contributed by atoms with Crippen LogP contribution in [0.5, 0.6) is 5.75 Å². The summed E-state index contributed by atoms with van der Waals surface area (Å²) in [5, 5.41) is -7.10. The van der Waals surface area contributed by atoms with Crippen LogP contribution in [0.1, 0.15) is 6.92 Å². The van der Waals surface area contributed by atoms with Crippen LogP contribution in [0.25, 0.3) is 0 Å². The Bertz CT molecular complexity index is 1500. The highest BCUT2D eigenvalue weighted by Crippen LogP contribution is 2.71. The standard InChI is InChI=1S/C26H19F9O5S2/c1-17(2)22(36)39-18-13-15-21(16-14-18)41(19-9-5-3-6-10-19,20-11-7-4-8-12-20)40-42(37,38)26(34,35)24(29,30)23(27,28)25(31,32)33/h3-16H,1H2,2H3. The van der Waals surface area contributed by atoms with Crippen molar-refractivity contribution in [1.82, 2.24) is 0 Å². The van der Waals surface area contributed by atoms with E-state index >= 15 is 0 Å². The molecule has 0 aliphatic rings. The molecule has 0 heterocycles. The molecule has 0 spiro atoms. The van der Waals surface area contributed by atoms with Crippen LogP contribution in [0.2, 0.25) is 0 Å². The fourth-order valence-corrected chi connectivity index (χ4v) is 8.56. The molecular weight excluding hydrogens is 627 g/mol.